The maximum atomic E-state index is 5.75. The van der Waals surface area contributed by atoms with E-state index in [1.807, 2.05) is 20.8 Å². The summed E-state index contributed by atoms with van der Waals surface area (Å²) >= 11 is 0. The van der Waals surface area contributed by atoms with Gasteiger partial charge in [-0.05, 0) is 39.3 Å². The second-order valence-corrected chi connectivity index (χ2v) is 6.56. The SMILES string of the molecule is CCCCCC/C=C\[Si](OCC)(OCC)OCC. The third-order valence-corrected chi connectivity index (χ3v) is 5.30. The van der Waals surface area contributed by atoms with Gasteiger partial charge in [0.05, 0.1) is 0 Å². The van der Waals surface area contributed by atoms with E-state index in [9.17, 15) is 0 Å². The van der Waals surface area contributed by atoms with E-state index in [1.165, 1.54) is 25.7 Å². The molecular formula is C14H30O3Si. The molecule has 0 aromatic rings. The van der Waals surface area contributed by atoms with E-state index >= 15 is 0 Å². The van der Waals surface area contributed by atoms with Crippen molar-refractivity contribution in [2.24, 2.45) is 0 Å². The van der Waals surface area contributed by atoms with Crippen molar-refractivity contribution in [2.75, 3.05) is 19.8 Å². The Morgan fingerprint density at radius 2 is 1.33 bits per heavy atom. The van der Waals surface area contributed by atoms with E-state index in [2.05, 4.69) is 18.7 Å². The van der Waals surface area contributed by atoms with Crippen molar-refractivity contribution in [3.05, 3.63) is 11.8 Å². The van der Waals surface area contributed by atoms with Crippen molar-refractivity contribution in [3.8, 4) is 0 Å². The largest absolute Gasteiger partial charge is 0.529 e. The van der Waals surface area contributed by atoms with Crippen LogP contribution in [0.15, 0.2) is 11.8 Å². The van der Waals surface area contributed by atoms with Crippen LogP contribution in [0, 0.1) is 0 Å². The Morgan fingerprint density at radius 3 is 1.78 bits per heavy atom. The van der Waals surface area contributed by atoms with Gasteiger partial charge in [0.1, 0.15) is 0 Å². The van der Waals surface area contributed by atoms with Crippen molar-refractivity contribution >= 4 is 8.80 Å². The standard InChI is InChI=1S/C14H30O3Si/c1-5-9-10-11-12-13-14-18(15-6-2,16-7-3)17-8-4/h13-14H,5-12H2,1-4H3/b14-13-. The van der Waals surface area contributed by atoms with Crippen LogP contribution >= 0.6 is 0 Å². The number of rotatable bonds is 12. The highest BCUT2D eigenvalue weighted by Gasteiger charge is 2.37. The van der Waals surface area contributed by atoms with Crippen molar-refractivity contribution in [2.45, 2.75) is 59.8 Å². The average Bonchev–Trinajstić information content (AvgIpc) is 2.35. The van der Waals surface area contributed by atoms with Crippen molar-refractivity contribution in [1.82, 2.24) is 0 Å². The summed E-state index contributed by atoms with van der Waals surface area (Å²) in [4.78, 5) is 0. The number of hydrogen-bond donors (Lipinski definition) is 0. The van der Waals surface area contributed by atoms with E-state index in [0.717, 1.165) is 6.42 Å². The van der Waals surface area contributed by atoms with Crippen molar-refractivity contribution in [1.29, 1.82) is 0 Å². The lowest BCUT2D eigenvalue weighted by atomic mass is 10.2. The first-order valence-electron chi connectivity index (χ1n) is 7.34. The Bertz CT molecular complexity index is 190. The maximum absolute atomic E-state index is 5.75. The third-order valence-electron chi connectivity index (χ3n) is 2.58. The molecule has 0 aliphatic carbocycles. The highest BCUT2D eigenvalue weighted by molar-refractivity contribution is 6.66. The van der Waals surface area contributed by atoms with Crippen LogP contribution in [0.4, 0.5) is 0 Å². The molecule has 4 heteroatoms. The zero-order valence-electron chi connectivity index (χ0n) is 12.5. The molecule has 0 aromatic carbocycles. The second-order valence-electron chi connectivity index (χ2n) is 4.15. The summed E-state index contributed by atoms with van der Waals surface area (Å²) in [6.45, 7) is 10.1. The summed E-state index contributed by atoms with van der Waals surface area (Å²) in [5.41, 5.74) is 2.05. The number of hydrogen-bond acceptors (Lipinski definition) is 3. The van der Waals surface area contributed by atoms with Crippen LogP contribution in [-0.4, -0.2) is 28.6 Å². The highest BCUT2D eigenvalue weighted by Crippen LogP contribution is 2.13. The summed E-state index contributed by atoms with van der Waals surface area (Å²) < 4.78 is 17.2. The molecule has 3 nitrogen and oxygen atoms in total. The topological polar surface area (TPSA) is 27.7 Å². The Kier molecular flexibility index (Phi) is 11.8. The fourth-order valence-corrected chi connectivity index (χ4v) is 3.99. The van der Waals surface area contributed by atoms with Crippen LogP contribution in [0.25, 0.3) is 0 Å². The number of unbranched alkanes of at least 4 members (excludes halogenated alkanes) is 4. The summed E-state index contributed by atoms with van der Waals surface area (Å²) in [5, 5.41) is 0. The summed E-state index contributed by atoms with van der Waals surface area (Å²) in [6, 6.07) is 0. The number of allylic oxidation sites excluding steroid dienone is 1. The molecule has 0 aromatic heterocycles. The molecule has 18 heavy (non-hydrogen) atoms. The Balaban J connectivity index is 4.22. The molecule has 0 heterocycles. The highest BCUT2D eigenvalue weighted by atomic mass is 28.4. The zero-order valence-corrected chi connectivity index (χ0v) is 13.5. The molecule has 0 fully saturated rings. The van der Waals surface area contributed by atoms with Gasteiger partial charge in [-0.25, -0.2) is 0 Å². The van der Waals surface area contributed by atoms with Crippen LogP contribution in [0.2, 0.25) is 0 Å². The van der Waals surface area contributed by atoms with E-state index < -0.39 is 8.80 Å². The van der Waals surface area contributed by atoms with Crippen LogP contribution in [0.5, 0.6) is 0 Å². The van der Waals surface area contributed by atoms with E-state index in [0.29, 0.717) is 19.8 Å². The molecule has 0 amide bonds. The normalized spacial score (nSPS) is 12.4. The van der Waals surface area contributed by atoms with Gasteiger partial charge in [0.15, 0.2) is 0 Å². The third kappa shape index (κ3) is 8.03. The van der Waals surface area contributed by atoms with Gasteiger partial charge in [-0.15, -0.1) is 0 Å². The summed E-state index contributed by atoms with van der Waals surface area (Å²) in [7, 11) is -2.54. The molecule has 0 saturated heterocycles. The van der Waals surface area contributed by atoms with Gasteiger partial charge in [0.25, 0.3) is 0 Å². The van der Waals surface area contributed by atoms with E-state index in [1.54, 1.807) is 0 Å². The zero-order chi connectivity index (χ0) is 13.7. The maximum Gasteiger partial charge on any atom is 0.529 e. The minimum Gasteiger partial charge on any atom is -0.371 e. The lowest BCUT2D eigenvalue weighted by Gasteiger charge is -2.25. The van der Waals surface area contributed by atoms with Crippen LogP contribution in [0.1, 0.15) is 59.8 Å². The summed E-state index contributed by atoms with van der Waals surface area (Å²) in [6.07, 6.45) is 8.38. The Labute approximate surface area is 114 Å². The smallest absolute Gasteiger partial charge is 0.371 e. The molecule has 108 valence electrons. The molecule has 0 radical (unpaired) electrons. The minimum absolute atomic E-state index is 0.631. The molecule has 0 aliphatic rings. The molecule has 0 bridgehead atoms. The first-order valence-corrected chi connectivity index (χ1v) is 9.14. The van der Waals surface area contributed by atoms with Gasteiger partial charge in [-0.3, -0.25) is 0 Å². The Morgan fingerprint density at radius 1 is 0.778 bits per heavy atom. The molecule has 0 unspecified atom stereocenters. The van der Waals surface area contributed by atoms with Gasteiger partial charge < -0.3 is 13.3 Å². The van der Waals surface area contributed by atoms with Crippen LogP contribution < -0.4 is 0 Å². The lowest BCUT2D eigenvalue weighted by molar-refractivity contribution is 0.0842. The van der Waals surface area contributed by atoms with Gasteiger partial charge in [0, 0.05) is 19.8 Å². The molecule has 0 aliphatic heterocycles. The van der Waals surface area contributed by atoms with Gasteiger partial charge in [-0.1, -0.05) is 32.3 Å². The van der Waals surface area contributed by atoms with E-state index in [4.69, 9.17) is 13.3 Å². The molecule has 0 rings (SSSR count). The second kappa shape index (κ2) is 11.9. The first-order chi connectivity index (χ1) is 8.74. The average molecular weight is 274 g/mol. The minimum atomic E-state index is -2.54. The van der Waals surface area contributed by atoms with Crippen LogP contribution in [-0.2, 0) is 13.3 Å². The van der Waals surface area contributed by atoms with Crippen molar-refractivity contribution in [3.63, 3.8) is 0 Å². The monoisotopic (exact) mass is 274 g/mol. The predicted molar refractivity (Wildman–Crippen MR) is 78.5 cm³/mol. The van der Waals surface area contributed by atoms with Gasteiger partial charge >= 0.3 is 8.80 Å². The van der Waals surface area contributed by atoms with Crippen molar-refractivity contribution < 1.29 is 13.3 Å². The van der Waals surface area contributed by atoms with E-state index in [-0.39, 0.29) is 0 Å². The quantitative estimate of drug-likeness (QED) is 0.396. The van der Waals surface area contributed by atoms with Crippen LogP contribution in [0.3, 0.4) is 0 Å². The predicted octanol–water partition coefficient (Wildman–Crippen LogP) is 4.10. The molecule has 0 saturated carbocycles. The lowest BCUT2D eigenvalue weighted by Crippen LogP contribution is -2.44. The molecule has 0 spiro atoms. The Hall–Kier alpha value is -0.163. The van der Waals surface area contributed by atoms with Gasteiger partial charge in [0.2, 0.25) is 0 Å². The molecular weight excluding hydrogens is 244 g/mol. The molecule has 0 N–H and O–H groups in total. The fourth-order valence-electron chi connectivity index (χ4n) is 1.79. The van der Waals surface area contributed by atoms with Gasteiger partial charge in [-0.2, -0.15) is 0 Å². The first kappa shape index (κ1) is 17.8. The molecule has 0 atom stereocenters. The summed E-state index contributed by atoms with van der Waals surface area (Å²) in [5.74, 6) is 0. The fraction of sp³-hybridized carbons (Fsp3) is 0.857.